The van der Waals surface area contributed by atoms with Crippen molar-refractivity contribution in [2.75, 3.05) is 13.1 Å². The predicted molar refractivity (Wildman–Crippen MR) is 102 cm³/mol. The Morgan fingerprint density at radius 1 is 1.31 bits per heavy atom. The average Bonchev–Trinajstić information content (AvgIpc) is 3.01. The van der Waals surface area contributed by atoms with Crippen molar-refractivity contribution < 1.29 is 17.6 Å². The van der Waals surface area contributed by atoms with Crippen LogP contribution in [0, 0.1) is 6.92 Å². The van der Waals surface area contributed by atoms with E-state index in [-0.39, 0.29) is 21.9 Å². The Bertz CT molecular complexity index is 921. The smallest absolute Gasteiger partial charge is 0.287 e. The van der Waals surface area contributed by atoms with Gasteiger partial charge >= 0.3 is 0 Å². The number of rotatable bonds is 4. The second kappa shape index (κ2) is 7.72. The molecule has 0 bridgehead atoms. The molecule has 3 rings (SSSR count). The number of carbonyl (C=O) groups excluding carboxylic acids is 1. The molecule has 1 aromatic carbocycles. The van der Waals surface area contributed by atoms with Gasteiger partial charge in [-0.3, -0.25) is 4.79 Å². The molecule has 1 saturated heterocycles. The Kier molecular flexibility index (Phi) is 5.76. The molecule has 0 saturated carbocycles. The van der Waals surface area contributed by atoms with Crippen LogP contribution >= 0.6 is 27.5 Å². The van der Waals surface area contributed by atoms with Crippen molar-refractivity contribution in [2.24, 2.45) is 0 Å². The molecule has 1 aromatic heterocycles. The van der Waals surface area contributed by atoms with E-state index in [1.165, 1.54) is 16.6 Å². The van der Waals surface area contributed by atoms with Crippen LogP contribution in [0.15, 0.2) is 44.3 Å². The summed E-state index contributed by atoms with van der Waals surface area (Å²) in [6.07, 6.45) is 2.53. The lowest BCUT2D eigenvalue weighted by Crippen LogP contribution is -2.46. The average molecular weight is 462 g/mol. The number of hydrogen-bond acceptors (Lipinski definition) is 4. The summed E-state index contributed by atoms with van der Waals surface area (Å²) in [5.74, 6) is 0.0199. The summed E-state index contributed by atoms with van der Waals surface area (Å²) >= 11 is 9.37. The van der Waals surface area contributed by atoms with Crippen molar-refractivity contribution in [2.45, 2.75) is 30.7 Å². The van der Waals surface area contributed by atoms with Gasteiger partial charge in [-0.25, -0.2) is 8.42 Å². The highest BCUT2D eigenvalue weighted by molar-refractivity contribution is 9.10. The Balaban J connectivity index is 1.64. The first-order chi connectivity index (χ1) is 12.3. The van der Waals surface area contributed by atoms with Crippen LogP contribution in [0.3, 0.4) is 0 Å². The number of nitrogens with zero attached hydrogens (tertiary/aromatic N) is 1. The van der Waals surface area contributed by atoms with E-state index in [1.54, 1.807) is 25.1 Å². The predicted octanol–water partition coefficient (Wildman–Crippen LogP) is 3.59. The number of hydrogen-bond donors (Lipinski definition) is 1. The molecule has 1 aliphatic rings. The topological polar surface area (TPSA) is 79.6 Å². The van der Waals surface area contributed by atoms with Crippen molar-refractivity contribution in [1.29, 1.82) is 0 Å². The zero-order valence-electron chi connectivity index (χ0n) is 14.0. The van der Waals surface area contributed by atoms with Crippen molar-refractivity contribution in [3.05, 3.63) is 51.3 Å². The van der Waals surface area contributed by atoms with Gasteiger partial charge in [0.05, 0.1) is 11.3 Å². The number of piperidine rings is 1. The van der Waals surface area contributed by atoms with E-state index < -0.39 is 10.0 Å². The van der Waals surface area contributed by atoms with Crippen LogP contribution in [0.2, 0.25) is 5.02 Å². The Morgan fingerprint density at radius 3 is 2.58 bits per heavy atom. The molecular formula is C17H18BrClN2O4S. The van der Waals surface area contributed by atoms with E-state index >= 15 is 0 Å². The van der Waals surface area contributed by atoms with Gasteiger partial charge in [-0.2, -0.15) is 4.31 Å². The molecule has 1 fully saturated rings. The summed E-state index contributed by atoms with van der Waals surface area (Å²) in [6.45, 7) is 2.43. The Hall–Kier alpha value is -1.35. The van der Waals surface area contributed by atoms with E-state index in [2.05, 4.69) is 21.2 Å². The van der Waals surface area contributed by atoms with Crippen LogP contribution in [0.5, 0.6) is 0 Å². The van der Waals surface area contributed by atoms with Gasteiger partial charge < -0.3 is 9.73 Å². The van der Waals surface area contributed by atoms with Crippen molar-refractivity contribution >= 4 is 43.5 Å². The molecular weight excluding hydrogens is 444 g/mol. The largest absolute Gasteiger partial charge is 0.459 e. The zero-order chi connectivity index (χ0) is 18.9. The molecule has 0 aliphatic carbocycles. The number of carbonyl (C=O) groups is 1. The SMILES string of the molecule is Cc1ccoc1C(=O)NC1CCN(S(=O)(=O)c2ccc(Br)cc2Cl)CC1. The van der Waals surface area contributed by atoms with Crippen LogP contribution < -0.4 is 5.32 Å². The van der Waals surface area contributed by atoms with Crippen molar-refractivity contribution in [3.8, 4) is 0 Å². The quantitative estimate of drug-likeness (QED) is 0.755. The van der Waals surface area contributed by atoms with E-state index in [1.807, 2.05) is 0 Å². The molecule has 0 unspecified atom stereocenters. The fourth-order valence-corrected chi connectivity index (χ4v) is 5.40. The first kappa shape index (κ1) is 19.4. The minimum Gasteiger partial charge on any atom is -0.459 e. The number of sulfonamides is 1. The number of nitrogens with one attached hydrogen (secondary N) is 1. The Morgan fingerprint density at radius 2 is 2.00 bits per heavy atom. The van der Waals surface area contributed by atoms with Gasteiger partial charge in [0.25, 0.3) is 5.91 Å². The summed E-state index contributed by atoms with van der Waals surface area (Å²) in [6, 6.07) is 6.34. The molecule has 1 amide bonds. The lowest BCUT2D eigenvalue weighted by molar-refractivity contribution is 0.0895. The molecule has 26 heavy (non-hydrogen) atoms. The number of aryl methyl sites for hydroxylation is 1. The highest BCUT2D eigenvalue weighted by atomic mass is 79.9. The molecule has 140 valence electrons. The molecule has 0 atom stereocenters. The number of furan rings is 1. The van der Waals surface area contributed by atoms with Crippen LogP contribution in [-0.2, 0) is 10.0 Å². The summed E-state index contributed by atoms with van der Waals surface area (Å²) in [5, 5.41) is 3.09. The van der Waals surface area contributed by atoms with Crippen LogP contribution in [0.4, 0.5) is 0 Å². The summed E-state index contributed by atoms with van der Waals surface area (Å²) < 4.78 is 32.9. The van der Waals surface area contributed by atoms with E-state index in [0.29, 0.717) is 31.7 Å². The van der Waals surface area contributed by atoms with Gasteiger partial charge in [-0.1, -0.05) is 27.5 Å². The third-order valence-corrected chi connectivity index (χ3v) is 7.24. The fourth-order valence-electron chi connectivity index (χ4n) is 2.92. The van der Waals surface area contributed by atoms with Crippen LogP contribution in [0.25, 0.3) is 0 Å². The molecule has 6 nitrogen and oxygen atoms in total. The summed E-state index contributed by atoms with van der Waals surface area (Å²) in [7, 11) is -3.66. The van der Waals surface area contributed by atoms with E-state index in [4.69, 9.17) is 16.0 Å². The summed E-state index contributed by atoms with van der Waals surface area (Å²) in [4.78, 5) is 12.3. The maximum absolute atomic E-state index is 12.8. The Labute approximate surface area is 165 Å². The number of amides is 1. The highest BCUT2D eigenvalue weighted by Gasteiger charge is 2.31. The van der Waals surface area contributed by atoms with Crippen LogP contribution in [-0.4, -0.2) is 37.8 Å². The van der Waals surface area contributed by atoms with E-state index in [9.17, 15) is 13.2 Å². The van der Waals surface area contributed by atoms with Gasteiger partial charge in [0.15, 0.2) is 5.76 Å². The zero-order valence-corrected chi connectivity index (χ0v) is 17.2. The molecule has 2 heterocycles. The molecule has 2 aromatic rings. The first-order valence-electron chi connectivity index (χ1n) is 8.09. The second-order valence-electron chi connectivity index (χ2n) is 6.16. The first-order valence-corrected chi connectivity index (χ1v) is 10.7. The molecule has 0 spiro atoms. The van der Waals surface area contributed by atoms with Crippen LogP contribution in [0.1, 0.15) is 29.0 Å². The van der Waals surface area contributed by atoms with Crippen molar-refractivity contribution in [1.82, 2.24) is 9.62 Å². The number of halogens is 2. The minimum absolute atomic E-state index is 0.0936. The van der Waals surface area contributed by atoms with E-state index in [0.717, 1.165) is 10.0 Å². The normalized spacial score (nSPS) is 16.6. The van der Waals surface area contributed by atoms with Crippen molar-refractivity contribution in [3.63, 3.8) is 0 Å². The minimum atomic E-state index is -3.66. The third-order valence-electron chi connectivity index (χ3n) is 4.37. The van der Waals surface area contributed by atoms with Gasteiger partial charge in [0.1, 0.15) is 4.90 Å². The highest BCUT2D eigenvalue weighted by Crippen LogP contribution is 2.29. The second-order valence-corrected chi connectivity index (χ2v) is 9.39. The third kappa shape index (κ3) is 3.98. The van der Waals surface area contributed by atoms with Gasteiger partial charge in [0, 0.05) is 29.2 Å². The summed E-state index contributed by atoms with van der Waals surface area (Å²) in [5.41, 5.74) is 0.771. The molecule has 9 heteroatoms. The lowest BCUT2D eigenvalue weighted by Gasteiger charge is -2.31. The maximum atomic E-state index is 12.8. The van der Waals surface area contributed by atoms with Gasteiger partial charge in [-0.05, 0) is 44.0 Å². The molecule has 0 radical (unpaired) electrons. The maximum Gasteiger partial charge on any atom is 0.287 e. The molecule has 1 N–H and O–H groups in total. The monoisotopic (exact) mass is 460 g/mol. The van der Waals surface area contributed by atoms with Gasteiger partial charge in [0.2, 0.25) is 10.0 Å². The number of benzene rings is 1. The molecule has 1 aliphatic heterocycles. The lowest BCUT2D eigenvalue weighted by atomic mass is 10.1. The fraction of sp³-hybridized carbons (Fsp3) is 0.353. The standard InChI is InChI=1S/C17H18BrClN2O4S/c1-11-6-9-25-16(11)17(22)20-13-4-7-21(8-5-13)26(23,24)15-3-2-12(18)10-14(15)19/h2-3,6,9-10,13H,4-5,7-8H2,1H3,(H,20,22). The van der Waals surface area contributed by atoms with Gasteiger partial charge in [-0.15, -0.1) is 0 Å².